The van der Waals surface area contributed by atoms with Gasteiger partial charge in [-0.15, -0.1) is 0 Å². The lowest BCUT2D eigenvalue weighted by molar-refractivity contribution is -0.137. The molecule has 0 saturated carbocycles. The number of aliphatic hydroxyl groups is 1. The Kier molecular flexibility index (Phi) is 3.46. The average Bonchev–Trinajstić information content (AvgIpc) is 3.11. The fourth-order valence-electron chi connectivity index (χ4n) is 4.48. The van der Waals surface area contributed by atoms with Crippen molar-refractivity contribution in [2.75, 3.05) is 10.8 Å². The molecule has 3 heterocycles. The minimum atomic E-state index is -4.77. The first-order valence-electron chi connectivity index (χ1n) is 7.99. The molecule has 1 aromatic carbocycles. The van der Waals surface area contributed by atoms with Gasteiger partial charge >= 0.3 is 6.18 Å². The molecule has 26 heavy (non-hydrogen) atoms. The summed E-state index contributed by atoms with van der Waals surface area (Å²) in [5.41, 5.74) is -3.13. The van der Waals surface area contributed by atoms with E-state index in [9.17, 15) is 26.7 Å². The Morgan fingerprint density at radius 1 is 1.42 bits per heavy atom. The zero-order chi connectivity index (χ0) is 19.1. The summed E-state index contributed by atoms with van der Waals surface area (Å²) < 4.78 is 72.3. The number of nitrogens with zero attached hydrogens (tertiary/aromatic N) is 2. The van der Waals surface area contributed by atoms with Crippen LogP contribution in [0.1, 0.15) is 24.5 Å². The van der Waals surface area contributed by atoms with Gasteiger partial charge in [-0.2, -0.15) is 18.4 Å². The van der Waals surface area contributed by atoms with Crippen LogP contribution in [-0.4, -0.2) is 43.1 Å². The molecule has 0 aromatic heterocycles. The van der Waals surface area contributed by atoms with Crippen molar-refractivity contribution in [3.8, 4) is 6.07 Å². The number of ether oxygens (including phenoxy) is 1. The van der Waals surface area contributed by atoms with E-state index in [1.807, 2.05) is 0 Å². The van der Waals surface area contributed by atoms with E-state index in [-0.39, 0.29) is 12.2 Å². The van der Waals surface area contributed by atoms with Gasteiger partial charge in [-0.1, -0.05) is 0 Å². The molecule has 2 bridgehead atoms. The van der Waals surface area contributed by atoms with Crippen LogP contribution < -0.4 is 4.31 Å². The van der Waals surface area contributed by atoms with Gasteiger partial charge in [-0.3, -0.25) is 4.31 Å². The summed E-state index contributed by atoms with van der Waals surface area (Å²) in [6, 6.07) is 4.35. The van der Waals surface area contributed by atoms with Gasteiger partial charge in [0, 0.05) is 18.9 Å². The van der Waals surface area contributed by atoms with Crippen molar-refractivity contribution < 1.29 is 31.4 Å². The second-order valence-electron chi connectivity index (χ2n) is 7.09. The highest BCUT2D eigenvalue weighted by Crippen LogP contribution is 2.54. The van der Waals surface area contributed by atoms with E-state index in [1.54, 1.807) is 0 Å². The van der Waals surface area contributed by atoms with Crippen LogP contribution in [-0.2, 0) is 20.9 Å². The fourth-order valence-corrected chi connectivity index (χ4v) is 7.05. The average molecular weight is 388 g/mol. The van der Waals surface area contributed by atoms with E-state index < -0.39 is 56.3 Å². The predicted molar refractivity (Wildman–Crippen MR) is 83.6 cm³/mol. The summed E-state index contributed by atoms with van der Waals surface area (Å²) in [5.74, 6) is -0.418. The standard InChI is InChI=1S/C16H15F3N2O4S/c1-15-13(22)5-12(25-15)10-7-21(26(23,24)14(10)15)9-3-2-8(6-20)11(4-9)16(17,18)19/h2-4,10,12-14,22H,5,7H2,1H3/t10?,12-,13+,14?,15+/m1/s1. The molecule has 0 radical (unpaired) electrons. The van der Waals surface area contributed by atoms with Gasteiger partial charge in [0.25, 0.3) is 0 Å². The van der Waals surface area contributed by atoms with Crippen molar-refractivity contribution in [2.45, 2.75) is 42.6 Å². The Hall–Kier alpha value is -1.83. The summed E-state index contributed by atoms with van der Waals surface area (Å²) in [5, 5.41) is 18.0. The van der Waals surface area contributed by atoms with Crippen molar-refractivity contribution in [1.82, 2.24) is 0 Å². The Bertz CT molecular complexity index is 926. The number of benzene rings is 1. The van der Waals surface area contributed by atoms with Gasteiger partial charge in [-0.05, 0) is 25.1 Å². The zero-order valence-electron chi connectivity index (χ0n) is 13.6. The van der Waals surface area contributed by atoms with Crippen molar-refractivity contribution in [2.24, 2.45) is 5.92 Å². The molecule has 0 spiro atoms. The number of fused-ring (bicyclic) bond motifs is 5. The molecule has 3 fully saturated rings. The van der Waals surface area contributed by atoms with Gasteiger partial charge in [0.1, 0.15) is 10.9 Å². The monoisotopic (exact) mass is 388 g/mol. The highest BCUT2D eigenvalue weighted by molar-refractivity contribution is 7.93. The van der Waals surface area contributed by atoms with Crippen LogP contribution in [0.3, 0.4) is 0 Å². The number of nitriles is 1. The topological polar surface area (TPSA) is 90.6 Å². The van der Waals surface area contributed by atoms with Crippen LogP contribution in [0.25, 0.3) is 0 Å². The van der Waals surface area contributed by atoms with Crippen LogP contribution in [0.15, 0.2) is 18.2 Å². The van der Waals surface area contributed by atoms with Crippen molar-refractivity contribution in [1.29, 1.82) is 5.26 Å². The third-order valence-corrected chi connectivity index (χ3v) is 8.11. The van der Waals surface area contributed by atoms with E-state index in [4.69, 9.17) is 10.00 Å². The summed E-state index contributed by atoms with van der Waals surface area (Å²) in [4.78, 5) is 0. The largest absolute Gasteiger partial charge is 0.417 e. The number of hydrogen-bond acceptors (Lipinski definition) is 5. The summed E-state index contributed by atoms with van der Waals surface area (Å²) in [6.45, 7) is 1.52. The van der Waals surface area contributed by atoms with Gasteiger partial charge < -0.3 is 9.84 Å². The van der Waals surface area contributed by atoms with E-state index in [0.717, 1.165) is 10.4 Å². The van der Waals surface area contributed by atoms with Crippen molar-refractivity contribution in [3.63, 3.8) is 0 Å². The molecule has 3 aliphatic rings. The van der Waals surface area contributed by atoms with Crippen LogP contribution in [0.5, 0.6) is 0 Å². The summed E-state index contributed by atoms with van der Waals surface area (Å²) >= 11 is 0. The van der Waals surface area contributed by atoms with Crippen LogP contribution in [0, 0.1) is 17.2 Å². The first-order valence-corrected chi connectivity index (χ1v) is 9.49. The minimum absolute atomic E-state index is 0.0107. The molecule has 1 N–H and O–H groups in total. The maximum atomic E-state index is 13.2. The van der Waals surface area contributed by atoms with E-state index >= 15 is 0 Å². The van der Waals surface area contributed by atoms with E-state index in [1.165, 1.54) is 19.1 Å². The molecule has 1 aromatic rings. The number of halogens is 3. The third kappa shape index (κ3) is 2.14. The Balaban J connectivity index is 1.79. The molecule has 4 rings (SSSR count). The zero-order valence-corrected chi connectivity index (χ0v) is 14.4. The number of rotatable bonds is 1. The van der Waals surface area contributed by atoms with Crippen LogP contribution >= 0.6 is 0 Å². The second-order valence-corrected chi connectivity index (χ2v) is 9.07. The number of alkyl halides is 3. The molecule has 0 amide bonds. The molecular weight excluding hydrogens is 373 g/mol. The molecule has 140 valence electrons. The number of hydrogen-bond donors (Lipinski definition) is 1. The predicted octanol–water partition coefficient (Wildman–Crippen LogP) is 1.63. The highest BCUT2D eigenvalue weighted by atomic mass is 32.2. The normalized spacial score (nSPS) is 37.6. The lowest BCUT2D eigenvalue weighted by Crippen LogP contribution is -2.51. The second kappa shape index (κ2) is 5.12. The molecular formula is C16H15F3N2O4S. The Morgan fingerprint density at radius 3 is 2.73 bits per heavy atom. The summed E-state index contributed by atoms with van der Waals surface area (Å²) in [6.07, 6.45) is -5.84. The molecule has 5 atom stereocenters. The molecule has 3 aliphatic heterocycles. The lowest BCUT2D eigenvalue weighted by Gasteiger charge is -2.32. The molecule has 10 heteroatoms. The molecule has 0 aliphatic carbocycles. The molecule has 3 saturated heterocycles. The first kappa shape index (κ1) is 17.6. The number of sulfonamides is 1. The van der Waals surface area contributed by atoms with Gasteiger partial charge in [0.2, 0.25) is 10.0 Å². The first-order chi connectivity index (χ1) is 12.0. The summed E-state index contributed by atoms with van der Waals surface area (Å²) in [7, 11) is -4.02. The third-order valence-electron chi connectivity index (χ3n) is 5.68. The molecule has 2 unspecified atom stereocenters. The molecule has 6 nitrogen and oxygen atoms in total. The maximum Gasteiger partial charge on any atom is 0.417 e. The SMILES string of the molecule is C[C@]12O[C@H](C[C@@H]1O)C1CN(c3ccc(C#N)c(C(F)(F)F)c3)S(=O)(=O)C12. The minimum Gasteiger partial charge on any atom is -0.390 e. The van der Waals surface area contributed by atoms with E-state index in [2.05, 4.69) is 0 Å². The maximum absolute atomic E-state index is 13.2. The highest BCUT2D eigenvalue weighted by Gasteiger charge is 2.70. The van der Waals surface area contributed by atoms with Gasteiger partial charge in [-0.25, -0.2) is 8.42 Å². The van der Waals surface area contributed by atoms with Gasteiger partial charge in [0.15, 0.2) is 0 Å². The van der Waals surface area contributed by atoms with E-state index in [0.29, 0.717) is 12.5 Å². The van der Waals surface area contributed by atoms with Crippen LogP contribution in [0.2, 0.25) is 0 Å². The number of anilines is 1. The Morgan fingerprint density at radius 2 is 2.12 bits per heavy atom. The smallest absolute Gasteiger partial charge is 0.390 e. The lowest BCUT2D eigenvalue weighted by atomic mass is 9.80. The quantitative estimate of drug-likeness (QED) is 0.790. The van der Waals surface area contributed by atoms with Crippen LogP contribution in [0.4, 0.5) is 18.9 Å². The number of aliphatic hydroxyl groups excluding tert-OH is 1. The fraction of sp³-hybridized carbons (Fsp3) is 0.562. The Labute approximate surface area is 147 Å². The van der Waals surface area contributed by atoms with Crippen molar-refractivity contribution >= 4 is 15.7 Å². The van der Waals surface area contributed by atoms with Gasteiger partial charge in [0.05, 0.1) is 35.1 Å². The van der Waals surface area contributed by atoms with Crippen molar-refractivity contribution in [3.05, 3.63) is 29.3 Å².